The van der Waals surface area contributed by atoms with Crippen LogP contribution in [-0.2, 0) is 0 Å². The molecular weight excluding hydrogens is 586 g/mol. The molecule has 5 amide bonds. The second-order valence-corrected chi connectivity index (χ2v) is 11.4. The Hall–Kier alpha value is -5.29. The zero-order valence-corrected chi connectivity index (χ0v) is 26.3. The lowest BCUT2D eigenvalue weighted by atomic mass is 9.99. The van der Waals surface area contributed by atoms with Gasteiger partial charge in [-0.3, -0.25) is 4.79 Å². The Morgan fingerprint density at radius 1 is 0.978 bits per heavy atom. The fourth-order valence-electron chi connectivity index (χ4n) is 5.42. The van der Waals surface area contributed by atoms with Gasteiger partial charge in [-0.05, 0) is 54.8 Å². The molecule has 1 aliphatic rings. The first-order chi connectivity index (χ1) is 22.2. The third-order valence-electron chi connectivity index (χ3n) is 8.12. The summed E-state index contributed by atoms with van der Waals surface area (Å²) in [4.78, 5) is 43.4. The summed E-state index contributed by atoms with van der Waals surface area (Å²) in [5.74, 6) is 0.259. The van der Waals surface area contributed by atoms with Gasteiger partial charge in [-0.1, -0.05) is 49.4 Å². The molecule has 1 heterocycles. The van der Waals surface area contributed by atoms with Crippen molar-refractivity contribution in [1.82, 2.24) is 9.80 Å². The molecule has 4 aromatic rings. The maximum atomic E-state index is 13.8. The number of amides is 5. The van der Waals surface area contributed by atoms with Crippen LogP contribution >= 0.6 is 0 Å². The fraction of sp³-hybridized carbons (Fsp3) is 0.286. The number of urea groups is 2. The van der Waals surface area contributed by atoms with Gasteiger partial charge < -0.3 is 40.3 Å². The van der Waals surface area contributed by atoms with Crippen molar-refractivity contribution in [2.24, 2.45) is 5.92 Å². The molecule has 240 valence electrons. The second-order valence-electron chi connectivity index (χ2n) is 11.4. The maximum absolute atomic E-state index is 13.8. The van der Waals surface area contributed by atoms with Gasteiger partial charge in [0.2, 0.25) is 0 Å². The normalized spacial score (nSPS) is 16.7. The fourth-order valence-corrected chi connectivity index (χ4v) is 5.42. The molecule has 4 N–H and O–H groups in total. The third-order valence-corrected chi connectivity index (χ3v) is 8.12. The van der Waals surface area contributed by atoms with Crippen LogP contribution in [0.5, 0.6) is 11.5 Å². The molecular formula is C35H39N5O6. The minimum atomic E-state index is -0.573. The van der Waals surface area contributed by atoms with E-state index < -0.39 is 18.2 Å². The zero-order chi connectivity index (χ0) is 32.8. The van der Waals surface area contributed by atoms with E-state index in [4.69, 9.17) is 9.47 Å². The van der Waals surface area contributed by atoms with Crippen LogP contribution in [0.1, 0.15) is 24.2 Å². The van der Waals surface area contributed by atoms with E-state index in [-0.39, 0.29) is 48.0 Å². The Labute approximate surface area is 268 Å². The Morgan fingerprint density at radius 2 is 1.67 bits per heavy atom. The van der Waals surface area contributed by atoms with Gasteiger partial charge in [-0.25, -0.2) is 9.59 Å². The lowest BCUT2D eigenvalue weighted by molar-refractivity contribution is 0.0373. The minimum Gasteiger partial charge on any atom is -0.497 e. The SMILES string of the molecule is COc1ccc(NC(=O)Nc2cccc3c2O[C@@H](CN(C)C(=O)Nc2cccc4ccccc24)[C@H](C)CN([C@H](C)CO)C3=O)cc1. The van der Waals surface area contributed by atoms with Crippen LogP contribution in [-0.4, -0.2) is 78.9 Å². The monoisotopic (exact) mass is 625 g/mol. The molecule has 0 saturated heterocycles. The van der Waals surface area contributed by atoms with Gasteiger partial charge in [-0.15, -0.1) is 0 Å². The summed E-state index contributed by atoms with van der Waals surface area (Å²) in [7, 11) is 3.24. The van der Waals surface area contributed by atoms with Crippen LogP contribution in [0.2, 0.25) is 0 Å². The molecule has 11 heteroatoms. The van der Waals surface area contributed by atoms with Crippen molar-refractivity contribution in [3.05, 3.63) is 90.5 Å². The molecule has 0 aromatic heterocycles. The van der Waals surface area contributed by atoms with E-state index in [1.165, 1.54) is 4.90 Å². The van der Waals surface area contributed by atoms with Crippen LogP contribution in [0.15, 0.2) is 84.9 Å². The van der Waals surface area contributed by atoms with Crippen LogP contribution < -0.4 is 25.4 Å². The van der Waals surface area contributed by atoms with E-state index in [0.717, 1.165) is 10.8 Å². The summed E-state index contributed by atoms with van der Waals surface area (Å²) >= 11 is 0. The van der Waals surface area contributed by atoms with Crippen molar-refractivity contribution < 1.29 is 29.0 Å². The average Bonchev–Trinajstić information content (AvgIpc) is 3.06. The highest BCUT2D eigenvalue weighted by atomic mass is 16.5. The first-order valence-electron chi connectivity index (χ1n) is 15.1. The standard InChI is InChI=1S/C35H39N5O6/c1-22-19-40(23(2)21-41)33(42)28-12-8-14-30(37-34(43)36-25-15-17-26(45-4)18-16-25)32(28)46-31(22)20-39(3)35(44)38-29-13-7-10-24-9-5-6-11-27(24)29/h5-18,22-23,31,41H,19-21H2,1-4H3,(H,38,44)(H2,36,37,43)/t22-,23-,31+/m1/s1. The largest absolute Gasteiger partial charge is 0.497 e. The lowest BCUT2D eigenvalue weighted by Crippen LogP contribution is -2.50. The quantitative estimate of drug-likeness (QED) is 0.194. The topological polar surface area (TPSA) is 132 Å². The highest BCUT2D eigenvalue weighted by Gasteiger charge is 2.35. The van der Waals surface area contributed by atoms with Crippen LogP contribution in [0.3, 0.4) is 0 Å². The molecule has 3 atom stereocenters. The Morgan fingerprint density at radius 3 is 2.41 bits per heavy atom. The molecule has 0 radical (unpaired) electrons. The van der Waals surface area contributed by atoms with E-state index in [1.54, 1.807) is 68.4 Å². The van der Waals surface area contributed by atoms with E-state index >= 15 is 0 Å². The van der Waals surface area contributed by atoms with Crippen LogP contribution in [0.4, 0.5) is 26.7 Å². The number of aliphatic hydroxyl groups is 1. The van der Waals surface area contributed by atoms with Crippen molar-refractivity contribution in [1.29, 1.82) is 0 Å². The zero-order valence-electron chi connectivity index (χ0n) is 26.3. The number of hydrogen-bond donors (Lipinski definition) is 4. The van der Waals surface area contributed by atoms with Gasteiger partial charge in [-0.2, -0.15) is 0 Å². The second kappa shape index (κ2) is 14.2. The molecule has 1 aliphatic heterocycles. The number of carbonyl (C=O) groups excluding carboxylic acids is 3. The van der Waals surface area contributed by atoms with Gasteiger partial charge in [0.25, 0.3) is 5.91 Å². The number of ether oxygens (including phenoxy) is 2. The van der Waals surface area contributed by atoms with E-state index in [2.05, 4.69) is 16.0 Å². The predicted molar refractivity (Wildman–Crippen MR) is 179 cm³/mol. The first-order valence-corrected chi connectivity index (χ1v) is 15.1. The number of fused-ring (bicyclic) bond motifs is 2. The number of nitrogens with one attached hydrogen (secondary N) is 3. The van der Waals surface area contributed by atoms with E-state index in [0.29, 0.717) is 23.7 Å². The Kier molecular flexibility index (Phi) is 9.92. The van der Waals surface area contributed by atoms with Crippen molar-refractivity contribution in [3.63, 3.8) is 0 Å². The highest BCUT2D eigenvalue weighted by Crippen LogP contribution is 2.35. The third kappa shape index (κ3) is 7.16. The minimum absolute atomic E-state index is 0.180. The van der Waals surface area contributed by atoms with Crippen molar-refractivity contribution in [3.8, 4) is 11.5 Å². The van der Waals surface area contributed by atoms with Crippen LogP contribution in [0, 0.1) is 5.92 Å². The lowest BCUT2D eigenvalue weighted by Gasteiger charge is -2.38. The van der Waals surface area contributed by atoms with Gasteiger partial charge in [0, 0.05) is 30.6 Å². The predicted octanol–water partition coefficient (Wildman–Crippen LogP) is 5.88. The highest BCUT2D eigenvalue weighted by molar-refractivity contribution is 6.04. The first kappa shape index (κ1) is 32.1. The summed E-state index contributed by atoms with van der Waals surface area (Å²) in [5, 5.41) is 20.5. The molecule has 0 fully saturated rings. The molecule has 11 nitrogen and oxygen atoms in total. The number of methoxy groups -OCH3 is 1. The summed E-state index contributed by atoms with van der Waals surface area (Å²) in [6.45, 7) is 3.95. The van der Waals surface area contributed by atoms with Crippen LogP contribution in [0.25, 0.3) is 10.8 Å². The molecule has 4 aromatic carbocycles. The van der Waals surface area contributed by atoms with Gasteiger partial charge >= 0.3 is 12.1 Å². The summed E-state index contributed by atoms with van der Waals surface area (Å²) < 4.78 is 11.7. The number of likely N-dealkylation sites (N-methyl/N-ethyl adjacent to an activating group) is 1. The maximum Gasteiger partial charge on any atom is 0.323 e. The van der Waals surface area contributed by atoms with Gasteiger partial charge in [0.1, 0.15) is 11.9 Å². The number of nitrogens with zero attached hydrogens (tertiary/aromatic N) is 2. The number of aliphatic hydroxyl groups excluding tert-OH is 1. The number of hydrogen-bond acceptors (Lipinski definition) is 6. The number of rotatable bonds is 8. The Bertz CT molecular complexity index is 1710. The van der Waals surface area contributed by atoms with Crippen molar-refractivity contribution >= 4 is 45.8 Å². The van der Waals surface area contributed by atoms with Gasteiger partial charge in [0.05, 0.1) is 43.2 Å². The van der Waals surface area contributed by atoms with Gasteiger partial charge in [0.15, 0.2) is 5.75 Å². The van der Waals surface area contributed by atoms with E-state index in [1.807, 2.05) is 49.4 Å². The average molecular weight is 626 g/mol. The molecule has 0 spiro atoms. The molecule has 0 bridgehead atoms. The number of anilines is 3. The number of benzene rings is 4. The number of para-hydroxylation sites is 1. The molecule has 46 heavy (non-hydrogen) atoms. The van der Waals surface area contributed by atoms with Crippen molar-refractivity contribution in [2.75, 3.05) is 49.8 Å². The van der Waals surface area contributed by atoms with Crippen molar-refractivity contribution in [2.45, 2.75) is 26.0 Å². The number of carbonyl (C=O) groups is 3. The summed E-state index contributed by atoms with van der Waals surface area (Å²) in [6.07, 6.45) is -0.573. The summed E-state index contributed by atoms with van der Waals surface area (Å²) in [5.41, 5.74) is 1.76. The van der Waals surface area contributed by atoms with E-state index in [9.17, 15) is 19.5 Å². The smallest absolute Gasteiger partial charge is 0.323 e. The summed E-state index contributed by atoms with van der Waals surface area (Å²) in [6, 6.07) is 24.0. The molecule has 0 saturated carbocycles. The Balaban J connectivity index is 1.40. The molecule has 0 unspecified atom stereocenters. The molecule has 5 rings (SSSR count). The molecule has 0 aliphatic carbocycles.